The van der Waals surface area contributed by atoms with Gasteiger partial charge in [-0.1, -0.05) is 18.2 Å². The van der Waals surface area contributed by atoms with Crippen molar-refractivity contribution in [2.75, 3.05) is 7.05 Å². The third-order valence-corrected chi connectivity index (χ3v) is 7.45. The van der Waals surface area contributed by atoms with Crippen LogP contribution in [0.4, 0.5) is 4.39 Å². The van der Waals surface area contributed by atoms with Crippen LogP contribution in [0.15, 0.2) is 77.3 Å². The summed E-state index contributed by atoms with van der Waals surface area (Å²) in [6, 6.07) is 20.5. The van der Waals surface area contributed by atoms with Gasteiger partial charge in [0.1, 0.15) is 17.2 Å². The van der Waals surface area contributed by atoms with Gasteiger partial charge in [-0.2, -0.15) is 5.10 Å². The smallest absolute Gasteiger partial charge is 0.255 e. The van der Waals surface area contributed by atoms with Gasteiger partial charge in [0.05, 0.1) is 16.8 Å². The summed E-state index contributed by atoms with van der Waals surface area (Å²) in [6.45, 7) is 2.82. The maximum absolute atomic E-state index is 13.5. The molecule has 0 bridgehead atoms. The van der Waals surface area contributed by atoms with Gasteiger partial charge in [-0.05, 0) is 90.6 Å². The lowest BCUT2D eigenvalue weighted by Gasteiger charge is -2.16. The Morgan fingerprint density at radius 1 is 1.05 bits per heavy atom. The summed E-state index contributed by atoms with van der Waals surface area (Å²) in [5, 5.41) is 11.8. The summed E-state index contributed by atoms with van der Waals surface area (Å²) in [6.07, 6.45) is 4.15. The number of halogens is 1. The number of nitrogens with one attached hydrogen (secondary N) is 2. The number of furan rings is 1. The van der Waals surface area contributed by atoms with Crippen molar-refractivity contribution in [3.63, 3.8) is 0 Å². The number of aromatic nitrogens is 2. The first-order chi connectivity index (χ1) is 18.4. The molecule has 1 amide bonds. The minimum absolute atomic E-state index is 0.0405. The molecule has 0 saturated heterocycles. The molecule has 6 rings (SSSR count). The van der Waals surface area contributed by atoms with Crippen LogP contribution in [0.1, 0.15) is 40.0 Å². The number of hydrogen-bond donors (Lipinski definition) is 2. The number of carbonyl (C=O) groups excluding carboxylic acids is 1. The van der Waals surface area contributed by atoms with Crippen LogP contribution in [0.2, 0.25) is 0 Å². The van der Waals surface area contributed by atoms with Crippen LogP contribution < -0.4 is 10.6 Å². The molecule has 0 aliphatic heterocycles. The first-order valence-corrected chi connectivity index (χ1v) is 12.8. The molecule has 0 atom stereocenters. The molecule has 0 unspecified atom stereocenters. The second-order valence-corrected chi connectivity index (χ2v) is 10.1. The standard InChI is InChI=1S/C31H29FN4O2/c1-19-4-5-20(18-34-31(13-14-31)27-12-15-36(3)35-27)16-24(19)22-8-11-26-25(17-22)28(30(37)33-2)29(38-26)21-6-9-23(32)10-7-21/h4-12,15-17,34H,13-14,18H2,1-3H3,(H,33,37). The molecule has 1 saturated carbocycles. The minimum atomic E-state index is -0.342. The molecule has 2 N–H and O–H groups in total. The number of hydrogen-bond acceptors (Lipinski definition) is 4. The van der Waals surface area contributed by atoms with Crippen molar-refractivity contribution in [2.45, 2.75) is 31.8 Å². The largest absolute Gasteiger partial charge is 0.455 e. The number of aryl methyl sites for hydroxylation is 2. The third-order valence-electron chi connectivity index (χ3n) is 7.45. The number of rotatable bonds is 7. The zero-order valence-corrected chi connectivity index (χ0v) is 21.6. The summed E-state index contributed by atoms with van der Waals surface area (Å²) in [4.78, 5) is 13.0. The Hall–Kier alpha value is -4.23. The summed E-state index contributed by atoms with van der Waals surface area (Å²) in [5.41, 5.74) is 7.17. The fourth-order valence-corrected chi connectivity index (χ4v) is 5.10. The van der Waals surface area contributed by atoms with E-state index in [1.165, 1.54) is 17.7 Å². The molecule has 1 aliphatic carbocycles. The Labute approximate surface area is 220 Å². The summed E-state index contributed by atoms with van der Waals surface area (Å²) >= 11 is 0. The monoisotopic (exact) mass is 508 g/mol. The number of nitrogens with zero attached hydrogens (tertiary/aromatic N) is 2. The van der Waals surface area contributed by atoms with E-state index in [9.17, 15) is 9.18 Å². The normalized spacial score (nSPS) is 14.1. The van der Waals surface area contributed by atoms with Gasteiger partial charge in [-0.3, -0.25) is 9.48 Å². The second kappa shape index (κ2) is 9.26. The van der Waals surface area contributed by atoms with Crippen LogP contribution in [-0.2, 0) is 19.1 Å². The average Bonchev–Trinajstić information content (AvgIpc) is 3.43. The lowest BCUT2D eigenvalue weighted by atomic mass is 9.95. The van der Waals surface area contributed by atoms with Gasteiger partial charge in [-0.25, -0.2) is 4.39 Å². The van der Waals surface area contributed by atoms with Crippen molar-refractivity contribution >= 4 is 16.9 Å². The van der Waals surface area contributed by atoms with E-state index in [1.54, 1.807) is 19.2 Å². The molecule has 7 heteroatoms. The van der Waals surface area contributed by atoms with E-state index < -0.39 is 0 Å². The SMILES string of the molecule is CNC(=O)c1c(-c2ccc(F)cc2)oc2ccc(-c3cc(CNC4(c5ccn(C)n5)CC4)ccc3C)cc12. The predicted octanol–water partition coefficient (Wildman–Crippen LogP) is 6.09. The topological polar surface area (TPSA) is 72.1 Å². The van der Waals surface area contributed by atoms with E-state index >= 15 is 0 Å². The Morgan fingerprint density at radius 3 is 2.50 bits per heavy atom. The lowest BCUT2D eigenvalue weighted by molar-refractivity contribution is 0.0964. The zero-order valence-electron chi connectivity index (χ0n) is 21.6. The molecule has 3 aromatic carbocycles. The first-order valence-electron chi connectivity index (χ1n) is 12.8. The molecule has 6 nitrogen and oxygen atoms in total. The molecular formula is C31H29FN4O2. The van der Waals surface area contributed by atoms with Gasteiger partial charge in [0, 0.05) is 37.8 Å². The first kappa shape index (κ1) is 24.1. The van der Waals surface area contributed by atoms with E-state index in [1.807, 2.05) is 36.1 Å². The lowest BCUT2D eigenvalue weighted by Crippen LogP contribution is -2.29. The highest BCUT2D eigenvalue weighted by Gasteiger charge is 2.45. The van der Waals surface area contributed by atoms with E-state index in [-0.39, 0.29) is 17.3 Å². The fraction of sp³-hybridized carbons (Fsp3) is 0.226. The summed E-state index contributed by atoms with van der Waals surface area (Å²) in [5.74, 6) is -0.166. The van der Waals surface area contributed by atoms with E-state index in [2.05, 4.69) is 46.9 Å². The van der Waals surface area contributed by atoms with Crippen molar-refractivity contribution < 1.29 is 13.6 Å². The van der Waals surface area contributed by atoms with Gasteiger partial charge in [0.2, 0.25) is 0 Å². The van der Waals surface area contributed by atoms with Crippen molar-refractivity contribution in [3.05, 3.63) is 101 Å². The minimum Gasteiger partial charge on any atom is -0.455 e. The highest BCUT2D eigenvalue weighted by molar-refractivity contribution is 6.11. The van der Waals surface area contributed by atoms with E-state index in [4.69, 9.17) is 4.42 Å². The van der Waals surface area contributed by atoms with Crippen molar-refractivity contribution in [2.24, 2.45) is 7.05 Å². The molecule has 1 fully saturated rings. The number of benzene rings is 3. The molecule has 1 aliphatic rings. The van der Waals surface area contributed by atoms with Crippen molar-refractivity contribution in [1.29, 1.82) is 0 Å². The van der Waals surface area contributed by atoms with Gasteiger partial charge < -0.3 is 15.1 Å². The van der Waals surface area contributed by atoms with Crippen molar-refractivity contribution in [3.8, 4) is 22.5 Å². The maximum atomic E-state index is 13.5. The fourth-order valence-electron chi connectivity index (χ4n) is 5.10. The average molecular weight is 509 g/mol. The Balaban J connectivity index is 1.35. The van der Waals surface area contributed by atoms with Gasteiger partial charge in [0.25, 0.3) is 5.91 Å². The molecule has 2 heterocycles. The molecule has 38 heavy (non-hydrogen) atoms. The van der Waals surface area contributed by atoms with Crippen molar-refractivity contribution in [1.82, 2.24) is 20.4 Å². The van der Waals surface area contributed by atoms with Gasteiger partial charge in [-0.15, -0.1) is 0 Å². The summed E-state index contributed by atoms with van der Waals surface area (Å²) in [7, 11) is 3.54. The Kier molecular flexibility index (Phi) is 5.88. The predicted molar refractivity (Wildman–Crippen MR) is 146 cm³/mol. The van der Waals surface area contributed by atoms with Gasteiger partial charge >= 0.3 is 0 Å². The highest BCUT2D eigenvalue weighted by atomic mass is 19.1. The maximum Gasteiger partial charge on any atom is 0.255 e. The van der Waals surface area contributed by atoms with Crippen LogP contribution in [0.3, 0.4) is 0 Å². The zero-order chi connectivity index (χ0) is 26.4. The second-order valence-electron chi connectivity index (χ2n) is 10.1. The third kappa shape index (κ3) is 4.29. The molecule has 2 aromatic heterocycles. The quantitative estimate of drug-likeness (QED) is 0.279. The molecule has 0 spiro atoms. The number of amides is 1. The van der Waals surface area contributed by atoms with E-state index in [0.29, 0.717) is 22.5 Å². The van der Waals surface area contributed by atoms with Crippen LogP contribution in [-0.4, -0.2) is 22.7 Å². The van der Waals surface area contributed by atoms with Crippen LogP contribution >= 0.6 is 0 Å². The molecule has 192 valence electrons. The van der Waals surface area contributed by atoms with Crippen LogP contribution in [0.25, 0.3) is 33.4 Å². The number of fused-ring (bicyclic) bond motifs is 1. The van der Waals surface area contributed by atoms with E-state index in [0.717, 1.165) is 47.2 Å². The Morgan fingerprint density at radius 2 is 1.82 bits per heavy atom. The molecular weight excluding hydrogens is 479 g/mol. The highest BCUT2D eigenvalue weighted by Crippen LogP contribution is 2.45. The number of carbonyl (C=O) groups is 1. The van der Waals surface area contributed by atoms with Crippen LogP contribution in [0.5, 0.6) is 0 Å². The molecule has 5 aromatic rings. The Bertz CT molecular complexity index is 1660. The summed E-state index contributed by atoms with van der Waals surface area (Å²) < 4.78 is 21.5. The van der Waals surface area contributed by atoms with Crippen LogP contribution in [0, 0.1) is 12.7 Å². The van der Waals surface area contributed by atoms with Gasteiger partial charge in [0.15, 0.2) is 0 Å². The molecule has 0 radical (unpaired) electrons.